The quantitative estimate of drug-likeness (QED) is 0.150. The number of benzene rings is 10. The molecule has 282 valence electrons. The molecule has 0 radical (unpaired) electrons. The fraction of sp³-hybridized carbons (Fsp3) is 0. The van der Waals surface area contributed by atoms with Gasteiger partial charge in [-0.15, -0.1) is 0 Å². The minimum absolute atomic E-state index is 1.09. The van der Waals surface area contributed by atoms with Crippen molar-refractivity contribution in [3.05, 3.63) is 243 Å². The van der Waals surface area contributed by atoms with Gasteiger partial charge >= 0.3 is 0 Å². The highest BCUT2D eigenvalue weighted by Gasteiger charge is 2.20. The lowest BCUT2D eigenvalue weighted by Gasteiger charge is -2.28. The first-order chi connectivity index (χ1) is 29.8. The Morgan fingerprint density at radius 2 is 0.800 bits per heavy atom. The summed E-state index contributed by atoms with van der Waals surface area (Å²) in [4.78, 5) is 2.40. The van der Waals surface area contributed by atoms with E-state index in [4.69, 9.17) is 0 Å². The van der Waals surface area contributed by atoms with Gasteiger partial charge < -0.3 is 9.47 Å². The third kappa shape index (κ3) is 6.23. The zero-order chi connectivity index (χ0) is 39.8. The van der Waals surface area contributed by atoms with Crippen LogP contribution in [-0.2, 0) is 0 Å². The summed E-state index contributed by atoms with van der Waals surface area (Å²) in [5.41, 5.74) is 16.4. The van der Waals surface area contributed by atoms with Crippen molar-refractivity contribution in [1.82, 2.24) is 4.57 Å². The maximum absolute atomic E-state index is 2.40. The van der Waals surface area contributed by atoms with E-state index < -0.39 is 0 Å². The summed E-state index contributed by atoms with van der Waals surface area (Å²) in [6.07, 6.45) is 0. The van der Waals surface area contributed by atoms with Crippen LogP contribution in [0.4, 0.5) is 17.1 Å². The lowest BCUT2D eigenvalue weighted by atomic mass is 9.94. The van der Waals surface area contributed by atoms with Gasteiger partial charge in [0.2, 0.25) is 0 Å². The summed E-state index contributed by atoms with van der Waals surface area (Å²) in [6.45, 7) is 0. The van der Waals surface area contributed by atoms with Crippen molar-refractivity contribution in [3.63, 3.8) is 0 Å². The first-order valence-corrected chi connectivity index (χ1v) is 20.6. The molecule has 0 atom stereocenters. The molecule has 0 unspecified atom stereocenters. The molecule has 2 nitrogen and oxygen atoms in total. The van der Waals surface area contributed by atoms with Gasteiger partial charge in [-0.05, 0) is 110 Å². The van der Waals surface area contributed by atoms with Crippen LogP contribution in [0.25, 0.3) is 82.8 Å². The van der Waals surface area contributed by atoms with E-state index in [0.29, 0.717) is 0 Å². The number of para-hydroxylation sites is 3. The normalized spacial score (nSPS) is 11.3. The highest BCUT2D eigenvalue weighted by molar-refractivity contribution is 6.16. The predicted molar refractivity (Wildman–Crippen MR) is 255 cm³/mol. The molecule has 0 aliphatic rings. The van der Waals surface area contributed by atoms with Crippen molar-refractivity contribution in [2.75, 3.05) is 4.90 Å². The van der Waals surface area contributed by atoms with Gasteiger partial charge in [0, 0.05) is 33.4 Å². The van der Waals surface area contributed by atoms with Crippen molar-refractivity contribution in [2.24, 2.45) is 0 Å². The minimum Gasteiger partial charge on any atom is -0.310 e. The molecule has 0 saturated heterocycles. The third-order valence-electron chi connectivity index (χ3n) is 11.8. The molecule has 1 heterocycles. The Balaban J connectivity index is 1.05. The Morgan fingerprint density at radius 3 is 1.58 bits per heavy atom. The maximum atomic E-state index is 2.40. The minimum atomic E-state index is 1.09. The van der Waals surface area contributed by atoms with E-state index in [-0.39, 0.29) is 0 Å². The van der Waals surface area contributed by atoms with Crippen LogP contribution in [0.2, 0.25) is 0 Å². The molecule has 60 heavy (non-hydrogen) atoms. The van der Waals surface area contributed by atoms with Crippen LogP contribution in [0.3, 0.4) is 0 Å². The average Bonchev–Trinajstić information content (AvgIpc) is 3.67. The lowest BCUT2D eigenvalue weighted by Crippen LogP contribution is -2.11. The Hall–Kier alpha value is -7.94. The van der Waals surface area contributed by atoms with Crippen molar-refractivity contribution in [1.29, 1.82) is 0 Å². The highest BCUT2D eigenvalue weighted by Crippen LogP contribution is 2.44. The predicted octanol–water partition coefficient (Wildman–Crippen LogP) is 16.1. The van der Waals surface area contributed by atoms with Crippen LogP contribution in [0, 0.1) is 0 Å². The zero-order valence-corrected chi connectivity index (χ0v) is 33.0. The number of hydrogen-bond donors (Lipinski definition) is 0. The number of rotatable bonds is 8. The SMILES string of the molecule is c1ccc(-c2ccc(N(c3ccc(-c4cccc5ccccc45)cc3)c3ccccc3-c3cccc(-c4cccc5c4c4ccccc4n5-c4ccccc4)c3)cc2)cc1. The fourth-order valence-corrected chi connectivity index (χ4v) is 9.01. The van der Waals surface area contributed by atoms with Crippen molar-refractivity contribution >= 4 is 49.6 Å². The van der Waals surface area contributed by atoms with Crippen LogP contribution in [0.1, 0.15) is 0 Å². The van der Waals surface area contributed by atoms with E-state index in [1.165, 1.54) is 66.0 Å². The van der Waals surface area contributed by atoms with Crippen LogP contribution >= 0.6 is 0 Å². The summed E-state index contributed by atoms with van der Waals surface area (Å²) in [7, 11) is 0. The maximum Gasteiger partial charge on any atom is 0.0547 e. The van der Waals surface area contributed by atoms with E-state index in [0.717, 1.165) is 33.9 Å². The molecule has 1 aromatic heterocycles. The second-order valence-corrected chi connectivity index (χ2v) is 15.3. The molecular weight excluding hydrogens is 725 g/mol. The molecule has 0 amide bonds. The second-order valence-electron chi connectivity index (χ2n) is 15.3. The van der Waals surface area contributed by atoms with E-state index in [1.807, 2.05) is 0 Å². The van der Waals surface area contributed by atoms with E-state index >= 15 is 0 Å². The van der Waals surface area contributed by atoms with Gasteiger partial charge in [-0.3, -0.25) is 0 Å². The highest BCUT2D eigenvalue weighted by atomic mass is 15.1. The number of aromatic nitrogens is 1. The molecule has 2 heteroatoms. The summed E-state index contributed by atoms with van der Waals surface area (Å²) < 4.78 is 2.39. The molecule has 0 N–H and O–H groups in total. The molecule has 0 bridgehead atoms. The van der Waals surface area contributed by atoms with Gasteiger partial charge in [0.15, 0.2) is 0 Å². The molecular formula is C58H40N2. The first-order valence-electron chi connectivity index (χ1n) is 20.6. The molecule has 0 saturated carbocycles. The molecule has 11 aromatic rings. The van der Waals surface area contributed by atoms with E-state index in [9.17, 15) is 0 Å². The summed E-state index contributed by atoms with van der Waals surface area (Å²) in [5, 5.41) is 5.00. The number of fused-ring (bicyclic) bond motifs is 4. The van der Waals surface area contributed by atoms with Gasteiger partial charge in [0.1, 0.15) is 0 Å². The number of nitrogens with zero attached hydrogens (tertiary/aromatic N) is 2. The van der Waals surface area contributed by atoms with Gasteiger partial charge in [-0.25, -0.2) is 0 Å². The molecule has 10 aromatic carbocycles. The van der Waals surface area contributed by atoms with E-state index in [2.05, 4.69) is 252 Å². The lowest BCUT2D eigenvalue weighted by molar-refractivity contribution is 1.18. The molecule has 0 fully saturated rings. The van der Waals surface area contributed by atoms with Gasteiger partial charge in [-0.2, -0.15) is 0 Å². The average molecular weight is 765 g/mol. The van der Waals surface area contributed by atoms with Crippen LogP contribution in [0.15, 0.2) is 243 Å². The smallest absolute Gasteiger partial charge is 0.0547 e. The Kier molecular flexibility index (Phi) is 8.87. The molecule has 11 rings (SSSR count). The van der Waals surface area contributed by atoms with Crippen LogP contribution in [0.5, 0.6) is 0 Å². The van der Waals surface area contributed by atoms with Gasteiger partial charge in [0.05, 0.1) is 16.7 Å². The summed E-state index contributed by atoms with van der Waals surface area (Å²) >= 11 is 0. The van der Waals surface area contributed by atoms with Crippen molar-refractivity contribution in [2.45, 2.75) is 0 Å². The standard InChI is InChI=1S/C58H40N2/c1-3-16-41(17-4-1)42-32-36-48(37-33-42)59(49-38-34-44(35-39-49)51-27-14-19-43-18-7-8-24-50(43)51)55-29-11-9-25-52(55)45-20-13-21-46(40-45)53-28-15-31-57-58(53)54-26-10-12-30-56(54)60(57)47-22-5-2-6-23-47/h1-40H. The van der Waals surface area contributed by atoms with Gasteiger partial charge in [0.25, 0.3) is 0 Å². The van der Waals surface area contributed by atoms with Crippen LogP contribution in [-0.4, -0.2) is 4.57 Å². The first kappa shape index (κ1) is 35.2. The van der Waals surface area contributed by atoms with Crippen molar-refractivity contribution < 1.29 is 0 Å². The second kappa shape index (κ2) is 15.1. The Bertz CT molecular complexity index is 3280. The largest absolute Gasteiger partial charge is 0.310 e. The van der Waals surface area contributed by atoms with Gasteiger partial charge in [-0.1, -0.05) is 182 Å². The molecule has 0 spiro atoms. The number of anilines is 3. The number of hydrogen-bond acceptors (Lipinski definition) is 1. The van der Waals surface area contributed by atoms with E-state index in [1.54, 1.807) is 0 Å². The third-order valence-corrected chi connectivity index (χ3v) is 11.8. The molecule has 0 aliphatic heterocycles. The molecule has 0 aliphatic carbocycles. The fourth-order valence-electron chi connectivity index (χ4n) is 9.01. The Morgan fingerprint density at radius 1 is 0.300 bits per heavy atom. The van der Waals surface area contributed by atoms with Crippen LogP contribution < -0.4 is 4.90 Å². The summed E-state index contributed by atoms with van der Waals surface area (Å²) in [6, 6.07) is 87.8. The topological polar surface area (TPSA) is 8.17 Å². The monoisotopic (exact) mass is 764 g/mol. The Labute approximate surface area is 350 Å². The summed E-state index contributed by atoms with van der Waals surface area (Å²) in [5.74, 6) is 0. The van der Waals surface area contributed by atoms with Crippen molar-refractivity contribution in [3.8, 4) is 50.2 Å². The zero-order valence-electron chi connectivity index (χ0n) is 33.0.